The Hall–Kier alpha value is -3.87. The molecule has 0 radical (unpaired) electrons. The molecule has 7 nitrogen and oxygen atoms in total. The molecule has 2 aliphatic heterocycles. The lowest BCUT2D eigenvalue weighted by atomic mass is 9.81. The van der Waals surface area contributed by atoms with Gasteiger partial charge < -0.3 is 18.8 Å². The van der Waals surface area contributed by atoms with Gasteiger partial charge in [0.05, 0.1) is 37.6 Å². The van der Waals surface area contributed by atoms with Crippen molar-refractivity contribution in [3.05, 3.63) is 92.4 Å². The molecule has 0 atom stereocenters. The summed E-state index contributed by atoms with van der Waals surface area (Å²) in [4.78, 5) is 29.8. The minimum Gasteiger partial charge on any atom is -0.493 e. The summed E-state index contributed by atoms with van der Waals surface area (Å²) in [5.41, 5.74) is 5.68. The summed E-state index contributed by atoms with van der Waals surface area (Å²) in [6.45, 7) is 8.76. The van der Waals surface area contributed by atoms with E-state index in [-0.39, 0.29) is 16.7 Å². The summed E-state index contributed by atoms with van der Waals surface area (Å²) in [7, 11) is 3.03. The smallest absolute Gasteiger partial charge is 0.337 e. The van der Waals surface area contributed by atoms with Gasteiger partial charge in [-0.05, 0) is 69.5 Å². The molecule has 1 aromatic heterocycles. The molecule has 0 fully saturated rings. The number of carbonyl (C=O) groups is 1. The monoisotopic (exact) mass is 500 g/mol. The van der Waals surface area contributed by atoms with Crippen LogP contribution in [0.4, 0.5) is 0 Å². The van der Waals surface area contributed by atoms with Crippen molar-refractivity contribution in [3.8, 4) is 11.5 Å². The van der Waals surface area contributed by atoms with Crippen LogP contribution in [0, 0.1) is 0 Å². The zero-order chi connectivity index (χ0) is 26.5. The first-order chi connectivity index (χ1) is 17.5. The molecule has 3 heterocycles. The number of nitrogens with zero attached hydrogens (tertiary/aromatic N) is 2. The van der Waals surface area contributed by atoms with Gasteiger partial charge in [0.25, 0.3) is 5.56 Å². The van der Waals surface area contributed by atoms with E-state index in [4.69, 9.17) is 19.2 Å². The highest BCUT2D eigenvalue weighted by Gasteiger charge is 2.39. The highest BCUT2D eigenvalue weighted by molar-refractivity contribution is 6.16. The van der Waals surface area contributed by atoms with E-state index in [9.17, 15) is 9.59 Å². The predicted molar refractivity (Wildman–Crippen MR) is 142 cm³/mol. The molecule has 0 saturated carbocycles. The number of ether oxygens (including phenoxy) is 3. The molecule has 2 aliphatic rings. The Balaban J connectivity index is 1.59. The van der Waals surface area contributed by atoms with Crippen LogP contribution in [-0.2, 0) is 24.1 Å². The maximum absolute atomic E-state index is 12.8. The molecule has 192 valence electrons. The molecule has 0 N–H and O–H groups in total. The molecule has 2 aromatic carbocycles. The number of rotatable bonds is 5. The average Bonchev–Trinajstić information content (AvgIpc) is 3.18. The van der Waals surface area contributed by atoms with Crippen molar-refractivity contribution in [2.45, 2.75) is 58.2 Å². The summed E-state index contributed by atoms with van der Waals surface area (Å²) < 4.78 is 18.5. The lowest BCUT2D eigenvalue weighted by molar-refractivity contribution is 0.0600. The first-order valence-corrected chi connectivity index (χ1v) is 12.4. The highest BCUT2D eigenvalue weighted by Crippen LogP contribution is 2.47. The van der Waals surface area contributed by atoms with Crippen molar-refractivity contribution in [2.24, 2.45) is 4.99 Å². The first-order valence-electron chi connectivity index (χ1n) is 12.4. The van der Waals surface area contributed by atoms with Crippen molar-refractivity contribution in [3.63, 3.8) is 0 Å². The quantitative estimate of drug-likeness (QED) is 0.480. The number of benzene rings is 2. The van der Waals surface area contributed by atoms with Crippen LogP contribution in [0.15, 0.2) is 58.4 Å². The number of aromatic nitrogens is 1. The fraction of sp³-hybridized carbons (Fsp3) is 0.367. The first kappa shape index (κ1) is 24.8. The summed E-state index contributed by atoms with van der Waals surface area (Å²) in [5, 5.41) is 0. The fourth-order valence-electron chi connectivity index (χ4n) is 5.29. The van der Waals surface area contributed by atoms with Crippen LogP contribution >= 0.6 is 0 Å². The van der Waals surface area contributed by atoms with Crippen LogP contribution in [0.1, 0.15) is 65.9 Å². The molecule has 0 aliphatic carbocycles. The van der Waals surface area contributed by atoms with Crippen LogP contribution in [0.3, 0.4) is 0 Å². The molecular formula is C30H32N2O5. The minimum absolute atomic E-state index is 0.110. The summed E-state index contributed by atoms with van der Waals surface area (Å²) in [6, 6.07) is 12.6. The second kappa shape index (κ2) is 8.91. The molecule has 3 aromatic rings. The van der Waals surface area contributed by atoms with Crippen molar-refractivity contribution >= 4 is 11.7 Å². The Bertz CT molecular complexity index is 1480. The molecule has 0 saturated heterocycles. The Morgan fingerprint density at radius 1 is 1.05 bits per heavy atom. The normalized spacial score (nSPS) is 16.8. The third-order valence-corrected chi connectivity index (χ3v) is 6.89. The Morgan fingerprint density at radius 2 is 1.78 bits per heavy atom. The van der Waals surface area contributed by atoms with Crippen LogP contribution in [-0.4, -0.2) is 41.6 Å². The third-order valence-electron chi connectivity index (χ3n) is 6.89. The van der Waals surface area contributed by atoms with Crippen molar-refractivity contribution in [1.82, 2.24) is 4.57 Å². The topological polar surface area (TPSA) is 79.1 Å². The molecule has 0 amide bonds. The highest BCUT2D eigenvalue weighted by atomic mass is 16.5. The number of pyridine rings is 1. The molecule has 37 heavy (non-hydrogen) atoms. The molecule has 5 rings (SSSR count). The van der Waals surface area contributed by atoms with Gasteiger partial charge in [0.15, 0.2) is 11.5 Å². The zero-order valence-electron chi connectivity index (χ0n) is 22.2. The number of hydrogen-bond donors (Lipinski definition) is 0. The maximum Gasteiger partial charge on any atom is 0.337 e. The van der Waals surface area contributed by atoms with Gasteiger partial charge in [-0.1, -0.05) is 12.1 Å². The van der Waals surface area contributed by atoms with Crippen LogP contribution in [0.25, 0.3) is 0 Å². The number of carbonyl (C=O) groups excluding carboxylic acids is 1. The average molecular weight is 501 g/mol. The van der Waals surface area contributed by atoms with E-state index in [1.807, 2.05) is 24.4 Å². The fourth-order valence-corrected chi connectivity index (χ4v) is 5.29. The van der Waals surface area contributed by atoms with Gasteiger partial charge in [-0.2, -0.15) is 0 Å². The minimum atomic E-state index is -0.390. The van der Waals surface area contributed by atoms with Gasteiger partial charge in [-0.25, -0.2) is 4.79 Å². The van der Waals surface area contributed by atoms with E-state index in [1.54, 1.807) is 29.9 Å². The number of aliphatic imine (C=N–C) groups is 1. The van der Waals surface area contributed by atoms with Gasteiger partial charge in [0, 0.05) is 35.4 Å². The van der Waals surface area contributed by atoms with Gasteiger partial charge in [0.2, 0.25) is 0 Å². The predicted octanol–water partition coefficient (Wildman–Crippen LogP) is 4.58. The summed E-state index contributed by atoms with van der Waals surface area (Å²) >= 11 is 0. The summed E-state index contributed by atoms with van der Waals surface area (Å²) in [6.07, 6.45) is 3.40. The zero-order valence-corrected chi connectivity index (χ0v) is 22.2. The Labute approximate surface area is 216 Å². The van der Waals surface area contributed by atoms with Gasteiger partial charge in [-0.15, -0.1) is 0 Å². The van der Waals surface area contributed by atoms with E-state index in [2.05, 4.69) is 33.8 Å². The molecule has 0 bridgehead atoms. The van der Waals surface area contributed by atoms with Crippen molar-refractivity contribution in [2.75, 3.05) is 14.2 Å². The van der Waals surface area contributed by atoms with E-state index < -0.39 is 5.97 Å². The Morgan fingerprint density at radius 3 is 2.46 bits per heavy atom. The number of methoxy groups -OCH3 is 2. The van der Waals surface area contributed by atoms with E-state index in [0.717, 1.165) is 52.3 Å². The van der Waals surface area contributed by atoms with Crippen LogP contribution < -0.4 is 15.0 Å². The van der Waals surface area contributed by atoms with E-state index in [1.165, 1.54) is 12.7 Å². The third kappa shape index (κ3) is 4.66. The van der Waals surface area contributed by atoms with Crippen LogP contribution in [0.2, 0.25) is 0 Å². The number of esters is 1. The lowest BCUT2D eigenvalue weighted by Crippen LogP contribution is -2.31. The Kier molecular flexibility index (Phi) is 5.97. The molecular weight excluding hydrogens is 468 g/mol. The summed E-state index contributed by atoms with van der Waals surface area (Å²) in [5.74, 6) is 1.13. The van der Waals surface area contributed by atoms with Gasteiger partial charge in [-0.3, -0.25) is 9.79 Å². The van der Waals surface area contributed by atoms with Gasteiger partial charge >= 0.3 is 5.97 Å². The van der Waals surface area contributed by atoms with Crippen molar-refractivity contribution in [1.29, 1.82) is 0 Å². The van der Waals surface area contributed by atoms with E-state index >= 15 is 0 Å². The maximum atomic E-state index is 12.8. The van der Waals surface area contributed by atoms with Gasteiger partial charge in [0.1, 0.15) is 5.60 Å². The van der Waals surface area contributed by atoms with Crippen molar-refractivity contribution < 1.29 is 19.0 Å². The molecule has 0 spiro atoms. The second-order valence-electron chi connectivity index (χ2n) is 11.0. The number of fused-ring (bicyclic) bond motifs is 3. The number of hydrogen-bond acceptors (Lipinski definition) is 6. The standard InChI is InChI=1S/C30H32N2O5/c1-29(2)14-21-13-23(35-5)27-22(15-30(3,4)37-27)25(21)26(31-29)20-11-12-24(33)32(17-20)16-18-7-9-19(10-8-18)28(34)36-6/h7-13,17H,14-16H2,1-6H3. The van der Waals surface area contributed by atoms with E-state index in [0.29, 0.717) is 12.1 Å². The largest absolute Gasteiger partial charge is 0.493 e. The SMILES string of the molecule is COC(=O)c1ccc(Cn2cc(C3=NC(C)(C)Cc4cc(OC)c5c(c43)CC(C)(C)O5)ccc2=O)cc1. The van der Waals surface area contributed by atoms with Crippen LogP contribution in [0.5, 0.6) is 11.5 Å². The lowest BCUT2D eigenvalue weighted by Gasteiger charge is -2.31. The second-order valence-corrected chi connectivity index (χ2v) is 11.0. The molecule has 0 unspecified atom stereocenters. The molecule has 7 heteroatoms.